The van der Waals surface area contributed by atoms with Gasteiger partial charge in [-0.3, -0.25) is 4.79 Å². The number of carbonyl (C=O) groups excluding carboxylic acids is 1. The van der Waals surface area contributed by atoms with Gasteiger partial charge in [0.1, 0.15) is 0 Å². The molecule has 0 fully saturated rings. The van der Waals surface area contributed by atoms with Crippen molar-refractivity contribution in [1.82, 2.24) is 0 Å². The molecule has 0 saturated carbocycles. The van der Waals surface area contributed by atoms with Crippen molar-refractivity contribution in [3.05, 3.63) is 56.5 Å². The Hall–Kier alpha value is -1.33. The molecule has 88 valence electrons. The second-order valence-electron chi connectivity index (χ2n) is 3.16. The molecule has 17 heavy (non-hydrogen) atoms. The number of carbonyl (C=O) groups is 1. The number of thiophene rings is 1. The molecule has 0 radical (unpaired) electrons. The van der Waals surface area contributed by atoms with Crippen LogP contribution in [-0.4, -0.2) is 5.78 Å². The van der Waals surface area contributed by atoms with Crippen molar-refractivity contribution < 1.29 is 18.0 Å². The van der Waals surface area contributed by atoms with Gasteiger partial charge in [-0.1, -0.05) is 11.6 Å². The highest BCUT2D eigenvalue weighted by atomic mass is 35.5. The SMILES string of the molecule is O=C(c1ccc(Cl)s1)c1ccc(F)c(F)c1F. The second kappa shape index (κ2) is 4.50. The summed E-state index contributed by atoms with van der Waals surface area (Å²) >= 11 is 6.57. The summed E-state index contributed by atoms with van der Waals surface area (Å²) in [6.45, 7) is 0. The number of ketones is 1. The number of benzene rings is 1. The summed E-state index contributed by atoms with van der Waals surface area (Å²) in [6.07, 6.45) is 0. The molecule has 0 saturated heterocycles. The van der Waals surface area contributed by atoms with Crippen molar-refractivity contribution in [2.45, 2.75) is 0 Å². The quantitative estimate of drug-likeness (QED) is 0.597. The van der Waals surface area contributed by atoms with Crippen LogP contribution in [-0.2, 0) is 0 Å². The van der Waals surface area contributed by atoms with Gasteiger partial charge in [0.15, 0.2) is 17.5 Å². The molecular weight excluding hydrogens is 273 g/mol. The van der Waals surface area contributed by atoms with Crippen molar-refractivity contribution >= 4 is 28.7 Å². The Kier molecular flexibility index (Phi) is 3.22. The van der Waals surface area contributed by atoms with Gasteiger partial charge in [-0.05, 0) is 24.3 Å². The molecule has 0 unspecified atom stereocenters. The van der Waals surface area contributed by atoms with Crippen LogP contribution in [0.3, 0.4) is 0 Å². The Labute approximate surface area is 103 Å². The lowest BCUT2D eigenvalue weighted by Gasteiger charge is -2.01. The van der Waals surface area contributed by atoms with Crippen LogP contribution in [0, 0.1) is 17.5 Å². The highest BCUT2D eigenvalue weighted by Crippen LogP contribution is 2.25. The first-order valence-corrected chi connectivity index (χ1v) is 5.63. The van der Waals surface area contributed by atoms with Crippen LogP contribution in [0.25, 0.3) is 0 Å². The molecule has 0 aliphatic carbocycles. The Bertz CT molecular complexity index is 594. The van der Waals surface area contributed by atoms with Gasteiger partial charge in [0.2, 0.25) is 5.78 Å². The first-order valence-electron chi connectivity index (χ1n) is 4.44. The summed E-state index contributed by atoms with van der Waals surface area (Å²) in [5, 5.41) is 0. The van der Waals surface area contributed by atoms with Crippen LogP contribution >= 0.6 is 22.9 Å². The maximum Gasteiger partial charge on any atom is 0.206 e. The van der Waals surface area contributed by atoms with Crippen molar-refractivity contribution in [3.8, 4) is 0 Å². The largest absolute Gasteiger partial charge is 0.288 e. The zero-order valence-corrected chi connectivity index (χ0v) is 9.71. The van der Waals surface area contributed by atoms with Gasteiger partial charge in [0, 0.05) is 0 Å². The first kappa shape index (κ1) is 12.1. The Morgan fingerprint density at radius 3 is 2.35 bits per heavy atom. The van der Waals surface area contributed by atoms with Gasteiger partial charge in [0.05, 0.1) is 14.8 Å². The lowest BCUT2D eigenvalue weighted by atomic mass is 10.1. The lowest BCUT2D eigenvalue weighted by Crippen LogP contribution is -2.05. The third kappa shape index (κ3) is 2.21. The molecule has 0 spiro atoms. The molecule has 1 heterocycles. The zero-order chi connectivity index (χ0) is 12.6. The number of hydrogen-bond acceptors (Lipinski definition) is 2. The zero-order valence-electron chi connectivity index (χ0n) is 8.14. The van der Waals surface area contributed by atoms with E-state index in [1.165, 1.54) is 12.1 Å². The summed E-state index contributed by atoms with van der Waals surface area (Å²) in [6, 6.07) is 4.48. The Balaban J connectivity index is 2.48. The summed E-state index contributed by atoms with van der Waals surface area (Å²) in [5.74, 6) is -5.19. The van der Waals surface area contributed by atoms with Crippen LogP contribution in [0.1, 0.15) is 15.2 Å². The molecule has 1 nitrogen and oxygen atoms in total. The van der Waals surface area contributed by atoms with Crippen LogP contribution in [0.4, 0.5) is 13.2 Å². The fraction of sp³-hybridized carbons (Fsp3) is 0. The molecule has 0 aliphatic heterocycles. The normalized spacial score (nSPS) is 10.6. The van der Waals surface area contributed by atoms with Gasteiger partial charge in [-0.2, -0.15) is 0 Å². The third-order valence-corrected chi connectivity index (χ3v) is 3.31. The van der Waals surface area contributed by atoms with E-state index in [1.54, 1.807) is 0 Å². The van der Waals surface area contributed by atoms with Crippen LogP contribution in [0.2, 0.25) is 4.34 Å². The standard InChI is InChI=1S/C11H4ClF3OS/c12-8-4-3-7(17-8)11(16)5-1-2-6(13)10(15)9(5)14/h1-4H. The van der Waals surface area contributed by atoms with Gasteiger partial charge in [0.25, 0.3) is 0 Å². The third-order valence-electron chi connectivity index (χ3n) is 2.08. The summed E-state index contributed by atoms with van der Waals surface area (Å²) in [5.41, 5.74) is -0.512. The molecule has 0 aliphatic rings. The highest BCUT2D eigenvalue weighted by molar-refractivity contribution is 7.18. The second-order valence-corrected chi connectivity index (χ2v) is 4.87. The molecule has 0 bridgehead atoms. The van der Waals surface area contributed by atoms with E-state index in [1.807, 2.05) is 0 Å². The monoisotopic (exact) mass is 276 g/mol. The molecule has 0 N–H and O–H groups in total. The predicted molar refractivity (Wildman–Crippen MR) is 59.1 cm³/mol. The minimum Gasteiger partial charge on any atom is -0.288 e. The van der Waals surface area contributed by atoms with Gasteiger partial charge >= 0.3 is 0 Å². The fourth-order valence-electron chi connectivity index (χ4n) is 1.27. The Morgan fingerprint density at radius 1 is 1.06 bits per heavy atom. The van der Waals surface area contributed by atoms with Gasteiger partial charge in [-0.25, -0.2) is 13.2 Å². The van der Waals surface area contributed by atoms with E-state index in [-0.39, 0.29) is 4.88 Å². The lowest BCUT2D eigenvalue weighted by molar-refractivity contribution is 0.103. The summed E-state index contributed by atoms with van der Waals surface area (Å²) in [7, 11) is 0. The average Bonchev–Trinajstić information content (AvgIpc) is 2.72. The van der Waals surface area contributed by atoms with Crippen LogP contribution in [0.5, 0.6) is 0 Å². The molecule has 2 rings (SSSR count). The smallest absolute Gasteiger partial charge is 0.206 e. The molecule has 1 aromatic carbocycles. The van der Waals surface area contributed by atoms with E-state index < -0.39 is 28.8 Å². The first-order chi connectivity index (χ1) is 8.00. The molecule has 0 atom stereocenters. The molecule has 0 amide bonds. The maximum atomic E-state index is 13.3. The molecule has 2 aromatic rings. The molecular formula is C11H4ClF3OS. The topological polar surface area (TPSA) is 17.1 Å². The van der Waals surface area contributed by atoms with E-state index in [0.717, 1.165) is 17.4 Å². The number of rotatable bonds is 2. The van der Waals surface area contributed by atoms with Gasteiger partial charge < -0.3 is 0 Å². The summed E-state index contributed by atoms with van der Waals surface area (Å²) < 4.78 is 39.3. The number of hydrogen-bond donors (Lipinski definition) is 0. The van der Waals surface area contributed by atoms with Gasteiger partial charge in [-0.15, -0.1) is 11.3 Å². The number of halogens is 4. The van der Waals surface area contributed by atoms with E-state index in [0.29, 0.717) is 10.4 Å². The fourth-order valence-corrected chi connectivity index (χ4v) is 2.27. The van der Waals surface area contributed by atoms with Crippen molar-refractivity contribution in [2.75, 3.05) is 0 Å². The van der Waals surface area contributed by atoms with E-state index in [4.69, 9.17) is 11.6 Å². The minimum absolute atomic E-state index is 0.167. The Morgan fingerprint density at radius 2 is 1.76 bits per heavy atom. The van der Waals surface area contributed by atoms with Crippen molar-refractivity contribution in [2.24, 2.45) is 0 Å². The molecule has 6 heteroatoms. The van der Waals surface area contributed by atoms with E-state index in [2.05, 4.69) is 0 Å². The van der Waals surface area contributed by atoms with Crippen molar-refractivity contribution in [1.29, 1.82) is 0 Å². The van der Waals surface area contributed by atoms with E-state index in [9.17, 15) is 18.0 Å². The maximum absolute atomic E-state index is 13.3. The highest BCUT2D eigenvalue weighted by Gasteiger charge is 2.20. The summed E-state index contributed by atoms with van der Waals surface area (Å²) in [4.78, 5) is 11.9. The van der Waals surface area contributed by atoms with E-state index >= 15 is 0 Å². The average molecular weight is 277 g/mol. The minimum atomic E-state index is -1.65. The molecule has 1 aromatic heterocycles. The van der Waals surface area contributed by atoms with Crippen molar-refractivity contribution in [3.63, 3.8) is 0 Å². The predicted octanol–water partition coefficient (Wildman–Crippen LogP) is 4.05. The van der Waals surface area contributed by atoms with Crippen LogP contribution < -0.4 is 0 Å². The van der Waals surface area contributed by atoms with Crippen LogP contribution in [0.15, 0.2) is 24.3 Å².